The van der Waals surface area contributed by atoms with Crippen LogP contribution in [0.3, 0.4) is 0 Å². The fourth-order valence-corrected chi connectivity index (χ4v) is 3.55. The van der Waals surface area contributed by atoms with Crippen molar-refractivity contribution in [3.63, 3.8) is 0 Å². The molecule has 0 atom stereocenters. The van der Waals surface area contributed by atoms with Gasteiger partial charge < -0.3 is 10.4 Å². The first kappa shape index (κ1) is 13.1. The van der Waals surface area contributed by atoms with Crippen LogP contribution in [0, 0.1) is 12.8 Å². The number of carbonyl (C=O) groups excluding carboxylic acids is 1. The van der Waals surface area contributed by atoms with Crippen LogP contribution in [0.2, 0.25) is 0 Å². The molecule has 4 nitrogen and oxygen atoms in total. The van der Waals surface area contributed by atoms with E-state index in [9.17, 15) is 9.59 Å². The molecule has 1 heterocycles. The standard InChI is InChI=1S/C15H15NO3S/c1-8-2-3-11-12(7-20-13(11)4-8)14(17)16-10-5-9(6-10)15(18)19/h2-4,7,9-10H,5-6H2,1H3,(H,16,17)(H,18,19). The lowest BCUT2D eigenvalue weighted by atomic mass is 9.80. The highest BCUT2D eigenvalue weighted by Crippen LogP contribution is 2.30. The Bertz CT molecular complexity index is 685. The number of fused-ring (bicyclic) bond motifs is 1. The van der Waals surface area contributed by atoms with E-state index in [1.54, 1.807) is 11.3 Å². The van der Waals surface area contributed by atoms with E-state index in [4.69, 9.17) is 5.11 Å². The summed E-state index contributed by atoms with van der Waals surface area (Å²) in [6.07, 6.45) is 1.06. The van der Waals surface area contributed by atoms with Gasteiger partial charge >= 0.3 is 5.97 Å². The second kappa shape index (κ2) is 4.90. The number of hydrogen-bond acceptors (Lipinski definition) is 3. The van der Waals surface area contributed by atoms with Crippen LogP contribution in [-0.4, -0.2) is 23.0 Å². The molecule has 0 saturated heterocycles. The van der Waals surface area contributed by atoms with Gasteiger partial charge in [-0.3, -0.25) is 9.59 Å². The van der Waals surface area contributed by atoms with Gasteiger partial charge in [0.2, 0.25) is 0 Å². The zero-order valence-corrected chi connectivity index (χ0v) is 11.9. The molecule has 1 aromatic carbocycles. The number of benzene rings is 1. The fraction of sp³-hybridized carbons (Fsp3) is 0.333. The van der Waals surface area contributed by atoms with Crippen molar-refractivity contribution in [2.75, 3.05) is 0 Å². The predicted molar refractivity (Wildman–Crippen MR) is 78.2 cm³/mol. The summed E-state index contributed by atoms with van der Waals surface area (Å²) in [6, 6.07) is 6.02. The van der Waals surface area contributed by atoms with E-state index in [1.807, 2.05) is 24.4 Å². The summed E-state index contributed by atoms with van der Waals surface area (Å²) in [6.45, 7) is 2.03. The summed E-state index contributed by atoms with van der Waals surface area (Å²) in [5, 5.41) is 14.6. The Morgan fingerprint density at radius 2 is 2.10 bits per heavy atom. The molecule has 0 radical (unpaired) electrons. The van der Waals surface area contributed by atoms with Gasteiger partial charge in [0.05, 0.1) is 11.5 Å². The monoisotopic (exact) mass is 289 g/mol. The number of nitrogens with one attached hydrogen (secondary N) is 1. The lowest BCUT2D eigenvalue weighted by molar-refractivity contribution is -0.145. The average molecular weight is 289 g/mol. The number of aliphatic carboxylic acids is 1. The molecule has 2 N–H and O–H groups in total. The lowest BCUT2D eigenvalue weighted by Crippen LogP contribution is -2.46. The van der Waals surface area contributed by atoms with Crippen LogP contribution in [-0.2, 0) is 4.79 Å². The number of amides is 1. The summed E-state index contributed by atoms with van der Waals surface area (Å²) >= 11 is 1.56. The molecule has 1 amide bonds. The van der Waals surface area contributed by atoms with Gasteiger partial charge in [-0.1, -0.05) is 12.1 Å². The molecular weight excluding hydrogens is 274 g/mol. The molecular formula is C15H15NO3S. The molecule has 0 spiro atoms. The van der Waals surface area contributed by atoms with Crippen molar-refractivity contribution in [2.45, 2.75) is 25.8 Å². The molecule has 20 heavy (non-hydrogen) atoms. The second-order valence-electron chi connectivity index (χ2n) is 5.33. The van der Waals surface area contributed by atoms with Crippen molar-refractivity contribution >= 4 is 33.3 Å². The van der Waals surface area contributed by atoms with E-state index in [0.29, 0.717) is 18.4 Å². The third-order valence-corrected chi connectivity index (χ3v) is 4.74. The van der Waals surface area contributed by atoms with Crippen molar-refractivity contribution in [1.82, 2.24) is 5.32 Å². The van der Waals surface area contributed by atoms with Crippen LogP contribution < -0.4 is 5.32 Å². The van der Waals surface area contributed by atoms with Gasteiger partial charge in [0.25, 0.3) is 5.91 Å². The van der Waals surface area contributed by atoms with Crippen molar-refractivity contribution in [1.29, 1.82) is 0 Å². The van der Waals surface area contributed by atoms with Crippen LogP contribution >= 0.6 is 11.3 Å². The highest BCUT2D eigenvalue weighted by Gasteiger charge is 2.35. The van der Waals surface area contributed by atoms with Gasteiger partial charge in [0.15, 0.2) is 0 Å². The van der Waals surface area contributed by atoms with Gasteiger partial charge in [0, 0.05) is 21.5 Å². The van der Waals surface area contributed by atoms with E-state index in [1.165, 1.54) is 5.56 Å². The van der Waals surface area contributed by atoms with Crippen molar-refractivity contribution < 1.29 is 14.7 Å². The maximum absolute atomic E-state index is 12.2. The molecule has 1 aliphatic rings. The van der Waals surface area contributed by atoms with Crippen LogP contribution in [0.1, 0.15) is 28.8 Å². The smallest absolute Gasteiger partial charge is 0.306 e. The van der Waals surface area contributed by atoms with E-state index in [0.717, 1.165) is 10.1 Å². The molecule has 1 saturated carbocycles. The summed E-state index contributed by atoms with van der Waals surface area (Å²) in [7, 11) is 0. The Morgan fingerprint density at radius 1 is 1.35 bits per heavy atom. The van der Waals surface area contributed by atoms with Crippen molar-refractivity contribution in [3.05, 3.63) is 34.7 Å². The Labute approximate surface area is 120 Å². The van der Waals surface area contributed by atoms with Gasteiger partial charge in [-0.25, -0.2) is 0 Å². The number of aryl methyl sites for hydroxylation is 1. The summed E-state index contributed by atoms with van der Waals surface area (Å²) < 4.78 is 1.10. The van der Waals surface area contributed by atoms with Gasteiger partial charge in [-0.2, -0.15) is 0 Å². The molecule has 2 aromatic rings. The maximum Gasteiger partial charge on any atom is 0.306 e. The first-order valence-electron chi connectivity index (χ1n) is 6.56. The predicted octanol–water partition coefficient (Wildman–Crippen LogP) is 2.80. The highest BCUT2D eigenvalue weighted by molar-refractivity contribution is 7.17. The van der Waals surface area contributed by atoms with Gasteiger partial charge in [0.1, 0.15) is 0 Å². The molecule has 5 heteroatoms. The minimum atomic E-state index is -0.771. The zero-order valence-electron chi connectivity index (χ0n) is 11.1. The van der Waals surface area contributed by atoms with Gasteiger partial charge in [-0.05, 0) is 31.4 Å². The van der Waals surface area contributed by atoms with Crippen molar-refractivity contribution in [2.24, 2.45) is 5.92 Å². The summed E-state index contributed by atoms with van der Waals surface area (Å²) in [5.41, 5.74) is 1.86. The molecule has 1 aliphatic carbocycles. The fourth-order valence-electron chi connectivity index (χ4n) is 2.51. The van der Waals surface area contributed by atoms with Crippen LogP contribution in [0.25, 0.3) is 10.1 Å². The van der Waals surface area contributed by atoms with E-state index in [-0.39, 0.29) is 17.9 Å². The molecule has 104 valence electrons. The van der Waals surface area contributed by atoms with E-state index in [2.05, 4.69) is 11.4 Å². The summed E-state index contributed by atoms with van der Waals surface area (Å²) in [4.78, 5) is 23.0. The van der Waals surface area contributed by atoms with Crippen LogP contribution in [0.4, 0.5) is 0 Å². The Hall–Kier alpha value is -1.88. The first-order valence-corrected chi connectivity index (χ1v) is 7.44. The van der Waals surface area contributed by atoms with Crippen molar-refractivity contribution in [3.8, 4) is 0 Å². The number of carboxylic acids is 1. The summed E-state index contributed by atoms with van der Waals surface area (Å²) in [5.74, 6) is -1.18. The molecule has 0 aliphatic heterocycles. The third kappa shape index (κ3) is 2.29. The number of rotatable bonds is 3. The van der Waals surface area contributed by atoms with E-state index < -0.39 is 5.97 Å². The molecule has 3 rings (SSSR count). The normalized spacial score (nSPS) is 21.4. The average Bonchev–Trinajstić information content (AvgIpc) is 2.75. The Kier molecular flexibility index (Phi) is 3.22. The second-order valence-corrected chi connectivity index (χ2v) is 6.24. The molecule has 0 bridgehead atoms. The zero-order chi connectivity index (χ0) is 14.3. The number of carboxylic acid groups (broad SMARTS) is 1. The number of carbonyl (C=O) groups is 2. The Morgan fingerprint density at radius 3 is 2.80 bits per heavy atom. The number of thiophene rings is 1. The largest absolute Gasteiger partial charge is 0.481 e. The van der Waals surface area contributed by atoms with Crippen LogP contribution in [0.5, 0.6) is 0 Å². The lowest BCUT2D eigenvalue weighted by Gasteiger charge is -2.32. The SMILES string of the molecule is Cc1ccc2c(C(=O)NC3CC(C(=O)O)C3)csc2c1. The molecule has 1 fully saturated rings. The topological polar surface area (TPSA) is 66.4 Å². The third-order valence-electron chi connectivity index (χ3n) is 3.80. The first-order chi connectivity index (χ1) is 9.54. The minimum Gasteiger partial charge on any atom is -0.481 e. The number of hydrogen-bond donors (Lipinski definition) is 2. The Balaban J connectivity index is 1.72. The van der Waals surface area contributed by atoms with Gasteiger partial charge in [-0.15, -0.1) is 11.3 Å². The highest BCUT2D eigenvalue weighted by atomic mass is 32.1. The molecule has 0 unspecified atom stereocenters. The molecule has 1 aromatic heterocycles. The van der Waals surface area contributed by atoms with E-state index >= 15 is 0 Å². The quantitative estimate of drug-likeness (QED) is 0.913. The maximum atomic E-state index is 12.2. The minimum absolute atomic E-state index is 0.0102. The van der Waals surface area contributed by atoms with Crippen LogP contribution in [0.15, 0.2) is 23.6 Å².